The zero-order valence-electron chi connectivity index (χ0n) is 14.4. The van der Waals surface area contributed by atoms with E-state index < -0.39 is 11.6 Å². The van der Waals surface area contributed by atoms with Gasteiger partial charge in [0.05, 0.1) is 0 Å². The fraction of sp³-hybridized carbons (Fsp3) is 0.350. The molecule has 0 spiro atoms. The number of benzene rings is 2. The number of hydrogen-bond acceptors (Lipinski definition) is 3. The van der Waals surface area contributed by atoms with E-state index in [9.17, 15) is 4.79 Å². The Kier molecular flexibility index (Phi) is 6.41. The van der Waals surface area contributed by atoms with Gasteiger partial charge in [0.2, 0.25) is 0 Å². The lowest BCUT2D eigenvalue weighted by molar-refractivity contribution is -0.157. The zero-order chi connectivity index (χ0) is 17.6. The summed E-state index contributed by atoms with van der Waals surface area (Å²) in [7, 11) is 0. The van der Waals surface area contributed by atoms with Gasteiger partial charge in [0.25, 0.3) is 0 Å². The van der Waals surface area contributed by atoms with Crippen LogP contribution in [0.5, 0.6) is 0 Å². The number of rotatable bonds is 6. The van der Waals surface area contributed by atoms with Crippen LogP contribution in [0.2, 0.25) is 5.02 Å². The van der Waals surface area contributed by atoms with Gasteiger partial charge in [0.1, 0.15) is 11.6 Å². The van der Waals surface area contributed by atoms with Crippen molar-refractivity contribution in [3.8, 4) is 0 Å². The molecule has 0 fully saturated rings. The first-order valence-corrected chi connectivity index (χ1v) is 8.46. The highest BCUT2D eigenvalue weighted by Gasteiger charge is 2.25. The van der Waals surface area contributed by atoms with Gasteiger partial charge < -0.3 is 10.1 Å². The van der Waals surface area contributed by atoms with Crippen LogP contribution in [0.3, 0.4) is 0 Å². The van der Waals surface area contributed by atoms with Crippen LogP contribution in [-0.2, 0) is 22.5 Å². The number of halogens is 1. The van der Waals surface area contributed by atoms with Crippen LogP contribution in [0.4, 0.5) is 0 Å². The third-order valence-corrected chi connectivity index (χ3v) is 3.69. The summed E-state index contributed by atoms with van der Waals surface area (Å²) in [6.45, 7) is 6.24. The summed E-state index contributed by atoms with van der Waals surface area (Å²) in [6, 6.07) is 17.1. The highest BCUT2D eigenvalue weighted by molar-refractivity contribution is 6.30. The fourth-order valence-electron chi connectivity index (χ4n) is 2.30. The predicted octanol–water partition coefficient (Wildman–Crippen LogP) is 4.38. The van der Waals surface area contributed by atoms with Crippen molar-refractivity contribution in [2.75, 3.05) is 0 Å². The van der Waals surface area contributed by atoms with E-state index in [1.54, 1.807) is 0 Å². The third-order valence-electron chi connectivity index (χ3n) is 3.44. The maximum Gasteiger partial charge on any atom is 0.324 e. The zero-order valence-corrected chi connectivity index (χ0v) is 15.1. The number of esters is 1. The Bertz CT molecular complexity index is 648. The molecule has 3 nitrogen and oxygen atoms in total. The molecule has 0 aromatic heterocycles. The molecule has 128 valence electrons. The largest absolute Gasteiger partial charge is 0.459 e. The van der Waals surface area contributed by atoms with Crippen LogP contribution in [0.25, 0.3) is 0 Å². The summed E-state index contributed by atoms with van der Waals surface area (Å²) in [4.78, 5) is 12.5. The van der Waals surface area contributed by atoms with Crippen molar-refractivity contribution in [3.05, 3.63) is 70.7 Å². The van der Waals surface area contributed by atoms with Crippen LogP contribution >= 0.6 is 11.6 Å². The molecule has 4 heteroatoms. The fourth-order valence-corrected chi connectivity index (χ4v) is 2.43. The van der Waals surface area contributed by atoms with Crippen molar-refractivity contribution in [2.45, 2.75) is 45.4 Å². The summed E-state index contributed by atoms with van der Waals surface area (Å²) in [6.07, 6.45) is 0.554. The molecule has 0 saturated carbocycles. The Labute approximate surface area is 149 Å². The van der Waals surface area contributed by atoms with Crippen molar-refractivity contribution in [1.82, 2.24) is 5.32 Å². The highest BCUT2D eigenvalue weighted by atomic mass is 35.5. The second-order valence-corrected chi connectivity index (χ2v) is 7.22. The van der Waals surface area contributed by atoms with Crippen molar-refractivity contribution in [2.24, 2.45) is 0 Å². The van der Waals surface area contributed by atoms with Crippen LogP contribution in [0.15, 0.2) is 54.6 Å². The lowest BCUT2D eigenvalue weighted by atomic mass is 10.0. The molecule has 0 aliphatic carbocycles. The number of carbonyl (C=O) groups is 1. The van der Waals surface area contributed by atoms with E-state index in [1.807, 2.05) is 75.4 Å². The maximum atomic E-state index is 12.5. The normalized spacial score (nSPS) is 12.7. The molecule has 1 unspecified atom stereocenters. The van der Waals surface area contributed by atoms with Gasteiger partial charge in [0, 0.05) is 11.6 Å². The molecule has 0 saturated heterocycles. The minimum absolute atomic E-state index is 0.242. The number of nitrogens with one attached hydrogen (secondary N) is 1. The van der Waals surface area contributed by atoms with Crippen LogP contribution < -0.4 is 5.32 Å². The summed E-state index contributed by atoms with van der Waals surface area (Å²) in [5, 5.41) is 4.00. The van der Waals surface area contributed by atoms with Gasteiger partial charge in [0.15, 0.2) is 0 Å². The van der Waals surface area contributed by atoms with Crippen LogP contribution in [0, 0.1) is 0 Å². The van der Waals surface area contributed by atoms with Gasteiger partial charge in [-0.15, -0.1) is 0 Å². The smallest absolute Gasteiger partial charge is 0.324 e. The summed E-state index contributed by atoms with van der Waals surface area (Å²) in [5.41, 5.74) is 1.65. The molecule has 2 rings (SSSR count). The molecule has 1 atom stereocenters. The molecular weight excluding hydrogens is 322 g/mol. The summed E-state index contributed by atoms with van der Waals surface area (Å²) < 4.78 is 5.56. The number of hydrogen-bond donors (Lipinski definition) is 1. The van der Waals surface area contributed by atoms with E-state index in [4.69, 9.17) is 16.3 Å². The Balaban J connectivity index is 2.08. The quantitative estimate of drug-likeness (QED) is 0.789. The van der Waals surface area contributed by atoms with Gasteiger partial charge in [-0.1, -0.05) is 54.1 Å². The molecule has 0 aliphatic rings. The summed E-state index contributed by atoms with van der Waals surface area (Å²) in [5.74, 6) is -0.242. The van der Waals surface area contributed by atoms with E-state index in [2.05, 4.69) is 5.32 Å². The van der Waals surface area contributed by atoms with E-state index in [1.165, 1.54) is 0 Å². The molecule has 0 heterocycles. The molecule has 0 aliphatic heterocycles. The average Bonchev–Trinajstić information content (AvgIpc) is 2.52. The topological polar surface area (TPSA) is 38.3 Å². The average molecular weight is 346 g/mol. The van der Waals surface area contributed by atoms with Crippen LogP contribution in [-0.4, -0.2) is 17.6 Å². The van der Waals surface area contributed by atoms with Gasteiger partial charge in [-0.3, -0.25) is 4.79 Å². The van der Waals surface area contributed by atoms with Crippen LogP contribution in [0.1, 0.15) is 31.9 Å². The lowest BCUT2D eigenvalue weighted by Gasteiger charge is -2.25. The molecule has 0 radical (unpaired) electrons. The summed E-state index contributed by atoms with van der Waals surface area (Å²) >= 11 is 5.93. The number of ether oxygens (including phenoxy) is 1. The lowest BCUT2D eigenvalue weighted by Crippen LogP contribution is -2.42. The second kappa shape index (κ2) is 8.32. The SMILES string of the molecule is CC(C)(C)OC(=O)C(Cc1ccc(Cl)cc1)NCc1ccccc1. The van der Waals surface area contributed by atoms with E-state index in [0.29, 0.717) is 18.0 Å². The molecule has 1 N–H and O–H groups in total. The molecule has 2 aromatic carbocycles. The highest BCUT2D eigenvalue weighted by Crippen LogP contribution is 2.14. The Morgan fingerprint density at radius 2 is 1.67 bits per heavy atom. The van der Waals surface area contributed by atoms with Gasteiger partial charge in [-0.05, 0) is 50.5 Å². The minimum atomic E-state index is -0.510. The Hall–Kier alpha value is -1.84. The predicted molar refractivity (Wildman–Crippen MR) is 98.1 cm³/mol. The van der Waals surface area contributed by atoms with E-state index >= 15 is 0 Å². The second-order valence-electron chi connectivity index (χ2n) is 6.78. The van der Waals surface area contributed by atoms with E-state index in [0.717, 1.165) is 11.1 Å². The number of carbonyl (C=O) groups excluding carboxylic acids is 1. The Morgan fingerprint density at radius 1 is 1.04 bits per heavy atom. The van der Waals surface area contributed by atoms with Crippen molar-refractivity contribution in [3.63, 3.8) is 0 Å². The first-order chi connectivity index (χ1) is 11.3. The van der Waals surface area contributed by atoms with Crippen molar-refractivity contribution in [1.29, 1.82) is 0 Å². The monoisotopic (exact) mass is 345 g/mol. The van der Waals surface area contributed by atoms with Crippen molar-refractivity contribution >= 4 is 17.6 Å². The van der Waals surface area contributed by atoms with Gasteiger partial charge >= 0.3 is 5.97 Å². The van der Waals surface area contributed by atoms with Gasteiger partial charge in [-0.25, -0.2) is 0 Å². The minimum Gasteiger partial charge on any atom is -0.459 e. The molecule has 24 heavy (non-hydrogen) atoms. The maximum absolute atomic E-state index is 12.5. The standard InChI is InChI=1S/C20H24ClNO2/c1-20(2,3)24-19(23)18(13-15-9-11-17(21)12-10-15)22-14-16-7-5-4-6-8-16/h4-12,18,22H,13-14H2,1-3H3. The Morgan fingerprint density at radius 3 is 2.25 bits per heavy atom. The first kappa shape index (κ1) is 18.5. The molecule has 0 amide bonds. The molecular formula is C20H24ClNO2. The van der Waals surface area contributed by atoms with E-state index in [-0.39, 0.29) is 5.97 Å². The van der Waals surface area contributed by atoms with Crippen molar-refractivity contribution < 1.29 is 9.53 Å². The molecule has 2 aromatic rings. The third kappa shape index (κ3) is 6.34. The van der Waals surface area contributed by atoms with Gasteiger partial charge in [-0.2, -0.15) is 0 Å². The molecule has 0 bridgehead atoms. The first-order valence-electron chi connectivity index (χ1n) is 8.08.